The highest BCUT2D eigenvalue weighted by Crippen LogP contribution is 2.37. The van der Waals surface area contributed by atoms with Crippen LogP contribution in [0.2, 0.25) is 0 Å². The zero-order chi connectivity index (χ0) is 16.6. The normalized spacial score (nSPS) is 16.4. The summed E-state index contributed by atoms with van der Waals surface area (Å²) >= 11 is 6.70. The van der Waals surface area contributed by atoms with Crippen molar-refractivity contribution in [3.05, 3.63) is 64.1 Å². The summed E-state index contributed by atoms with van der Waals surface area (Å²) in [6.45, 7) is 3.96. The number of hydrogen-bond donors (Lipinski definition) is 1. The first-order valence-corrected chi connectivity index (χ1v) is 8.32. The van der Waals surface area contributed by atoms with E-state index >= 15 is 0 Å². The molecule has 23 heavy (non-hydrogen) atoms. The van der Waals surface area contributed by atoms with Gasteiger partial charge in [0.2, 0.25) is 0 Å². The Hall–Kier alpha value is -2.11. The number of anilines is 1. The van der Waals surface area contributed by atoms with Crippen LogP contribution in [0.4, 0.5) is 5.69 Å². The van der Waals surface area contributed by atoms with Gasteiger partial charge in [-0.2, -0.15) is 0 Å². The Balaban J connectivity index is 1.97. The summed E-state index contributed by atoms with van der Waals surface area (Å²) in [5.74, 6) is 0.0897. The molecule has 5 heteroatoms. The number of rotatable bonds is 2. The number of amides is 1. The summed E-state index contributed by atoms with van der Waals surface area (Å²) in [6.07, 6.45) is 1.80. The second kappa shape index (κ2) is 6.18. The molecule has 0 radical (unpaired) electrons. The van der Waals surface area contributed by atoms with Crippen LogP contribution < -0.4 is 4.90 Å². The first kappa shape index (κ1) is 15.8. The first-order chi connectivity index (χ1) is 11.0. The molecule has 0 spiro atoms. The number of phenols is 1. The molecule has 0 aliphatic carbocycles. The van der Waals surface area contributed by atoms with E-state index < -0.39 is 0 Å². The molecule has 3 rings (SSSR count). The van der Waals surface area contributed by atoms with Crippen LogP contribution in [-0.2, 0) is 4.79 Å². The van der Waals surface area contributed by atoms with Crippen molar-refractivity contribution in [1.29, 1.82) is 0 Å². The van der Waals surface area contributed by atoms with Crippen molar-refractivity contribution in [2.24, 2.45) is 0 Å². The van der Waals surface area contributed by atoms with E-state index in [2.05, 4.69) is 0 Å². The van der Waals surface area contributed by atoms with Crippen molar-refractivity contribution in [1.82, 2.24) is 0 Å². The van der Waals surface area contributed by atoms with Crippen LogP contribution in [0.15, 0.2) is 47.4 Å². The molecule has 3 nitrogen and oxygen atoms in total. The van der Waals surface area contributed by atoms with E-state index in [4.69, 9.17) is 12.2 Å². The Bertz CT molecular complexity index is 825. The molecule has 1 N–H and O–H groups in total. The number of phenolic OH excluding ortho intramolecular Hbond substituents is 1. The SMILES string of the molecule is Cc1ccc(C)c(N2C(=O)C(=Cc3ccc(O)cc3)SC2=S)c1. The van der Waals surface area contributed by atoms with Gasteiger partial charge in [0, 0.05) is 0 Å². The third-order valence-electron chi connectivity index (χ3n) is 3.59. The smallest absolute Gasteiger partial charge is 0.270 e. The van der Waals surface area contributed by atoms with Crippen molar-refractivity contribution in [3.8, 4) is 5.75 Å². The number of benzene rings is 2. The Morgan fingerprint density at radius 1 is 1.13 bits per heavy atom. The summed E-state index contributed by atoms with van der Waals surface area (Å²) in [5.41, 5.74) is 3.78. The molecule has 1 fully saturated rings. The number of carbonyl (C=O) groups is 1. The predicted molar refractivity (Wildman–Crippen MR) is 99.7 cm³/mol. The topological polar surface area (TPSA) is 40.5 Å². The standard InChI is InChI=1S/C18H15NO2S2/c1-11-3-4-12(2)15(9-11)19-17(21)16(23-18(19)22)10-13-5-7-14(20)8-6-13/h3-10,20H,1-2H3. The van der Waals surface area contributed by atoms with Crippen molar-refractivity contribution < 1.29 is 9.90 Å². The summed E-state index contributed by atoms with van der Waals surface area (Å²) in [4.78, 5) is 14.9. The monoisotopic (exact) mass is 341 g/mol. The molecule has 0 atom stereocenters. The number of thiocarbonyl (C=S) groups is 1. The minimum atomic E-state index is -0.109. The van der Waals surface area contributed by atoms with Gasteiger partial charge in [-0.25, -0.2) is 0 Å². The van der Waals surface area contributed by atoms with Gasteiger partial charge >= 0.3 is 0 Å². The van der Waals surface area contributed by atoms with Crippen LogP contribution in [0.1, 0.15) is 16.7 Å². The third kappa shape index (κ3) is 3.16. The van der Waals surface area contributed by atoms with E-state index in [0.29, 0.717) is 9.23 Å². The van der Waals surface area contributed by atoms with Crippen molar-refractivity contribution in [2.75, 3.05) is 4.90 Å². The van der Waals surface area contributed by atoms with Crippen LogP contribution >= 0.6 is 24.0 Å². The van der Waals surface area contributed by atoms with E-state index in [1.54, 1.807) is 35.2 Å². The fourth-order valence-corrected chi connectivity index (χ4v) is 3.64. The summed E-state index contributed by atoms with van der Waals surface area (Å²) in [5, 5.41) is 9.34. The average Bonchev–Trinajstić information content (AvgIpc) is 2.78. The van der Waals surface area contributed by atoms with Gasteiger partial charge < -0.3 is 5.11 Å². The van der Waals surface area contributed by atoms with E-state index in [1.165, 1.54) is 11.8 Å². The van der Waals surface area contributed by atoms with Crippen molar-refractivity contribution >= 4 is 46.0 Å². The average molecular weight is 341 g/mol. The molecule has 0 saturated carbocycles. The summed E-state index contributed by atoms with van der Waals surface area (Å²) in [6, 6.07) is 12.7. The molecule has 1 heterocycles. The molecule has 1 aliphatic heterocycles. The maximum absolute atomic E-state index is 12.8. The molecular weight excluding hydrogens is 326 g/mol. The second-order valence-corrected chi connectivity index (χ2v) is 7.07. The van der Waals surface area contributed by atoms with Crippen LogP contribution in [-0.4, -0.2) is 15.3 Å². The van der Waals surface area contributed by atoms with Gasteiger partial charge in [-0.05, 0) is 54.8 Å². The van der Waals surface area contributed by atoms with E-state index in [9.17, 15) is 9.90 Å². The van der Waals surface area contributed by atoms with Gasteiger partial charge in [-0.3, -0.25) is 9.69 Å². The van der Waals surface area contributed by atoms with Gasteiger partial charge in [0.15, 0.2) is 4.32 Å². The zero-order valence-corrected chi connectivity index (χ0v) is 14.4. The largest absolute Gasteiger partial charge is 0.508 e. The maximum atomic E-state index is 12.8. The fourth-order valence-electron chi connectivity index (χ4n) is 2.36. The van der Waals surface area contributed by atoms with Crippen molar-refractivity contribution in [3.63, 3.8) is 0 Å². The lowest BCUT2D eigenvalue weighted by Crippen LogP contribution is -2.28. The highest BCUT2D eigenvalue weighted by molar-refractivity contribution is 8.27. The molecule has 0 bridgehead atoms. The highest BCUT2D eigenvalue weighted by atomic mass is 32.2. The van der Waals surface area contributed by atoms with Crippen molar-refractivity contribution in [2.45, 2.75) is 13.8 Å². The number of aromatic hydroxyl groups is 1. The van der Waals surface area contributed by atoms with Gasteiger partial charge in [0.05, 0.1) is 10.6 Å². The number of nitrogens with zero attached hydrogens (tertiary/aromatic N) is 1. The third-order valence-corrected chi connectivity index (χ3v) is 4.89. The quantitative estimate of drug-likeness (QED) is 0.649. The van der Waals surface area contributed by atoms with Crippen LogP contribution in [0.5, 0.6) is 5.75 Å². The molecule has 0 unspecified atom stereocenters. The molecular formula is C18H15NO2S2. The Morgan fingerprint density at radius 2 is 1.83 bits per heavy atom. The van der Waals surface area contributed by atoms with Gasteiger partial charge in [-0.15, -0.1) is 0 Å². The Labute approximate surface area is 144 Å². The number of thioether (sulfide) groups is 1. The number of hydrogen-bond acceptors (Lipinski definition) is 4. The summed E-state index contributed by atoms with van der Waals surface area (Å²) < 4.78 is 0.536. The van der Waals surface area contributed by atoms with Crippen LogP contribution in [0.25, 0.3) is 6.08 Å². The number of carbonyl (C=O) groups excluding carboxylic acids is 1. The molecule has 1 amide bonds. The molecule has 2 aromatic rings. The minimum Gasteiger partial charge on any atom is -0.508 e. The lowest BCUT2D eigenvalue weighted by Gasteiger charge is -2.17. The molecule has 2 aromatic carbocycles. The second-order valence-electron chi connectivity index (χ2n) is 5.40. The first-order valence-electron chi connectivity index (χ1n) is 7.10. The lowest BCUT2D eigenvalue weighted by atomic mass is 10.1. The minimum absolute atomic E-state index is 0.109. The Morgan fingerprint density at radius 3 is 2.52 bits per heavy atom. The van der Waals surface area contributed by atoms with Gasteiger partial charge in [0.25, 0.3) is 5.91 Å². The predicted octanol–water partition coefficient (Wildman–Crippen LogP) is 4.41. The van der Waals surface area contributed by atoms with Gasteiger partial charge in [-0.1, -0.05) is 48.2 Å². The lowest BCUT2D eigenvalue weighted by molar-refractivity contribution is -0.113. The van der Waals surface area contributed by atoms with Gasteiger partial charge in [0.1, 0.15) is 5.75 Å². The molecule has 0 aromatic heterocycles. The van der Waals surface area contributed by atoms with Crippen LogP contribution in [0, 0.1) is 13.8 Å². The summed E-state index contributed by atoms with van der Waals surface area (Å²) in [7, 11) is 0. The molecule has 1 saturated heterocycles. The number of aryl methyl sites for hydroxylation is 2. The van der Waals surface area contributed by atoms with E-state index in [1.807, 2.05) is 32.0 Å². The molecule has 116 valence electrons. The Kier molecular flexibility index (Phi) is 4.24. The van der Waals surface area contributed by atoms with E-state index in [0.717, 1.165) is 22.4 Å². The van der Waals surface area contributed by atoms with E-state index in [-0.39, 0.29) is 11.7 Å². The highest BCUT2D eigenvalue weighted by Gasteiger charge is 2.34. The molecule has 1 aliphatic rings. The van der Waals surface area contributed by atoms with Crippen LogP contribution in [0.3, 0.4) is 0 Å². The maximum Gasteiger partial charge on any atom is 0.270 e. The zero-order valence-electron chi connectivity index (χ0n) is 12.7. The fraction of sp³-hybridized carbons (Fsp3) is 0.111.